The lowest BCUT2D eigenvalue weighted by molar-refractivity contribution is 0.0993. The summed E-state index contributed by atoms with van der Waals surface area (Å²) in [7, 11) is 0. The summed E-state index contributed by atoms with van der Waals surface area (Å²) in [6.45, 7) is 1.85. The maximum atomic E-state index is 13.3. The maximum Gasteiger partial charge on any atom is 0.168 e. The van der Waals surface area contributed by atoms with Crippen molar-refractivity contribution in [3.8, 4) is 0 Å². The smallest absolute Gasteiger partial charge is 0.168 e. The average Bonchev–Trinajstić information content (AvgIpc) is 2.31. The summed E-state index contributed by atoms with van der Waals surface area (Å²) in [5.41, 5.74) is 1.95. The van der Waals surface area contributed by atoms with Crippen LogP contribution in [0.4, 0.5) is 4.39 Å². The minimum Gasteiger partial charge on any atom is -0.294 e. The summed E-state index contributed by atoms with van der Waals surface area (Å²) in [6.07, 6.45) is 0.125. The third kappa shape index (κ3) is 3.43. The van der Waals surface area contributed by atoms with Gasteiger partial charge in [0.1, 0.15) is 5.82 Å². The second-order valence-corrected chi connectivity index (χ2v) is 5.61. The summed E-state index contributed by atoms with van der Waals surface area (Å²) in [5.74, 6) is -0.487. The third-order valence-corrected chi connectivity index (χ3v) is 3.74. The molecule has 2 aromatic rings. The van der Waals surface area contributed by atoms with Gasteiger partial charge in [0.05, 0.1) is 5.02 Å². The normalized spacial score (nSPS) is 10.5. The van der Waals surface area contributed by atoms with Crippen LogP contribution in [0.1, 0.15) is 21.5 Å². The molecule has 0 unspecified atom stereocenters. The van der Waals surface area contributed by atoms with Gasteiger partial charge in [0.25, 0.3) is 0 Å². The molecular weight excluding hydrogens is 331 g/mol. The lowest BCUT2D eigenvalue weighted by Crippen LogP contribution is -2.05. The largest absolute Gasteiger partial charge is 0.294 e. The molecule has 0 bridgehead atoms. The number of aryl methyl sites for hydroxylation is 1. The first-order chi connectivity index (χ1) is 8.97. The van der Waals surface area contributed by atoms with Gasteiger partial charge in [0, 0.05) is 16.5 Å². The fraction of sp³-hybridized carbons (Fsp3) is 0.133. The summed E-state index contributed by atoms with van der Waals surface area (Å²) >= 11 is 9.32. The molecular formula is C15H11BrClFO. The molecule has 2 rings (SSSR count). The molecule has 0 saturated carbocycles. The van der Waals surface area contributed by atoms with Gasteiger partial charge in [-0.2, -0.15) is 0 Å². The predicted octanol–water partition coefficient (Wildman–Crippen LogP) is 4.98. The molecule has 0 aliphatic heterocycles. The zero-order chi connectivity index (χ0) is 14.0. The SMILES string of the molecule is Cc1cccc(C(=O)Cc2cc(F)cc(Br)c2)c1Cl. The molecule has 0 aliphatic carbocycles. The molecule has 0 heterocycles. The Morgan fingerprint density at radius 3 is 2.74 bits per heavy atom. The van der Waals surface area contributed by atoms with Crippen LogP contribution in [-0.2, 0) is 6.42 Å². The van der Waals surface area contributed by atoms with Crippen LogP contribution in [0.5, 0.6) is 0 Å². The van der Waals surface area contributed by atoms with Gasteiger partial charge in [-0.15, -0.1) is 0 Å². The van der Waals surface area contributed by atoms with Gasteiger partial charge in [-0.1, -0.05) is 39.7 Å². The maximum absolute atomic E-state index is 13.3. The number of hydrogen-bond acceptors (Lipinski definition) is 1. The van der Waals surface area contributed by atoms with Gasteiger partial charge in [-0.05, 0) is 42.3 Å². The number of Topliss-reactive ketones (excluding diaryl/α,β-unsaturated/α-hetero) is 1. The number of carbonyl (C=O) groups is 1. The fourth-order valence-electron chi connectivity index (χ4n) is 1.86. The molecule has 0 N–H and O–H groups in total. The molecule has 0 aromatic heterocycles. The van der Waals surface area contributed by atoms with Gasteiger partial charge in [0.2, 0.25) is 0 Å². The van der Waals surface area contributed by atoms with E-state index in [0.29, 0.717) is 20.6 Å². The molecule has 0 fully saturated rings. The second-order valence-electron chi connectivity index (χ2n) is 4.31. The van der Waals surface area contributed by atoms with Crippen molar-refractivity contribution in [3.05, 3.63) is 68.4 Å². The number of benzene rings is 2. The first-order valence-corrected chi connectivity index (χ1v) is 6.88. The van der Waals surface area contributed by atoms with Crippen molar-refractivity contribution >= 4 is 33.3 Å². The Bertz CT molecular complexity index is 620. The van der Waals surface area contributed by atoms with E-state index in [-0.39, 0.29) is 18.0 Å². The first kappa shape index (κ1) is 14.2. The Morgan fingerprint density at radius 1 is 1.32 bits per heavy atom. The van der Waals surface area contributed by atoms with Crippen LogP contribution in [0, 0.1) is 12.7 Å². The van der Waals surface area contributed by atoms with Gasteiger partial charge < -0.3 is 0 Å². The minimum absolute atomic E-state index is 0.119. The molecule has 2 aromatic carbocycles. The van der Waals surface area contributed by atoms with Gasteiger partial charge in [-0.3, -0.25) is 4.79 Å². The number of rotatable bonds is 3. The van der Waals surface area contributed by atoms with E-state index in [2.05, 4.69) is 15.9 Å². The molecule has 19 heavy (non-hydrogen) atoms. The van der Waals surface area contributed by atoms with E-state index < -0.39 is 0 Å². The van der Waals surface area contributed by atoms with E-state index in [4.69, 9.17) is 11.6 Å². The van der Waals surface area contributed by atoms with E-state index in [9.17, 15) is 9.18 Å². The highest BCUT2D eigenvalue weighted by Gasteiger charge is 2.13. The number of ketones is 1. The summed E-state index contributed by atoms with van der Waals surface area (Å²) in [5, 5.41) is 0.461. The predicted molar refractivity (Wildman–Crippen MR) is 78.3 cm³/mol. The van der Waals surface area contributed by atoms with Crippen LogP contribution in [0.25, 0.3) is 0 Å². The molecule has 0 amide bonds. The van der Waals surface area contributed by atoms with Crippen LogP contribution >= 0.6 is 27.5 Å². The van der Waals surface area contributed by atoms with Crippen molar-refractivity contribution in [1.29, 1.82) is 0 Å². The molecule has 98 valence electrons. The van der Waals surface area contributed by atoms with Gasteiger partial charge in [-0.25, -0.2) is 4.39 Å². The number of carbonyl (C=O) groups excluding carboxylic acids is 1. The zero-order valence-corrected chi connectivity index (χ0v) is 12.6. The Labute approximate surface area is 124 Å². The van der Waals surface area contributed by atoms with Crippen LogP contribution in [-0.4, -0.2) is 5.78 Å². The Kier molecular flexibility index (Phi) is 4.38. The highest BCUT2D eigenvalue weighted by molar-refractivity contribution is 9.10. The van der Waals surface area contributed by atoms with Crippen molar-refractivity contribution in [2.75, 3.05) is 0 Å². The Hall–Kier alpha value is -1.19. The van der Waals surface area contributed by atoms with Crippen molar-refractivity contribution in [2.45, 2.75) is 13.3 Å². The standard InChI is InChI=1S/C15H11BrClFO/c1-9-3-2-4-13(15(9)17)14(19)7-10-5-11(16)8-12(18)6-10/h2-6,8H,7H2,1H3. The summed E-state index contributed by atoms with van der Waals surface area (Å²) in [4.78, 5) is 12.2. The zero-order valence-electron chi connectivity index (χ0n) is 10.2. The third-order valence-electron chi connectivity index (χ3n) is 2.78. The highest BCUT2D eigenvalue weighted by atomic mass is 79.9. The second kappa shape index (κ2) is 5.85. The van der Waals surface area contributed by atoms with Crippen molar-refractivity contribution < 1.29 is 9.18 Å². The van der Waals surface area contributed by atoms with E-state index in [1.807, 2.05) is 13.0 Å². The van der Waals surface area contributed by atoms with Crippen molar-refractivity contribution in [3.63, 3.8) is 0 Å². The van der Waals surface area contributed by atoms with Crippen LogP contribution in [0.3, 0.4) is 0 Å². The summed E-state index contributed by atoms with van der Waals surface area (Å²) < 4.78 is 13.9. The highest BCUT2D eigenvalue weighted by Crippen LogP contribution is 2.23. The van der Waals surface area contributed by atoms with E-state index in [1.54, 1.807) is 18.2 Å². The van der Waals surface area contributed by atoms with Crippen molar-refractivity contribution in [1.82, 2.24) is 0 Å². The Balaban J connectivity index is 2.28. The molecule has 0 saturated heterocycles. The average molecular weight is 342 g/mol. The summed E-state index contributed by atoms with van der Waals surface area (Å²) in [6, 6.07) is 9.75. The molecule has 0 atom stereocenters. The van der Waals surface area contributed by atoms with E-state index in [0.717, 1.165) is 5.56 Å². The van der Waals surface area contributed by atoms with Crippen LogP contribution < -0.4 is 0 Å². The number of hydrogen-bond donors (Lipinski definition) is 0. The van der Waals surface area contributed by atoms with Crippen LogP contribution in [0.15, 0.2) is 40.9 Å². The van der Waals surface area contributed by atoms with E-state index in [1.165, 1.54) is 12.1 Å². The fourth-order valence-corrected chi connectivity index (χ4v) is 2.60. The number of halogens is 3. The lowest BCUT2D eigenvalue weighted by atomic mass is 10.0. The molecule has 0 spiro atoms. The Morgan fingerprint density at radius 2 is 2.05 bits per heavy atom. The molecule has 0 radical (unpaired) electrons. The quantitative estimate of drug-likeness (QED) is 0.720. The van der Waals surface area contributed by atoms with E-state index >= 15 is 0 Å². The van der Waals surface area contributed by atoms with Crippen molar-refractivity contribution in [2.24, 2.45) is 0 Å². The molecule has 0 aliphatic rings. The van der Waals surface area contributed by atoms with Crippen LogP contribution in [0.2, 0.25) is 5.02 Å². The van der Waals surface area contributed by atoms with Gasteiger partial charge in [0.15, 0.2) is 5.78 Å². The first-order valence-electron chi connectivity index (χ1n) is 5.70. The molecule has 4 heteroatoms. The monoisotopic (exact) mass is 340 g/mol. The minimum atomic E-state index is -0.368. The molecule has 1 nitrogen and oxygen atoms in total. The topological polar surface area (TPSA) is 17.1 Å². The lowest BCUT2D eigenvalue weighted by Gasteiger charge is -2.06. The van der Waals surface area contributed by atoms with Gasteiger partial charge >= 0.3 is 0 Å².